The molecule has 1 aromatic carbocycles. The van der Waals surface area contributed by atoms with Crippen LogP contribution in [-0.4, -0.2) is 57.3 Å². The van der Waals surface area contributed by atoms with Crippen LogP contribution in [-0.2, 0) is 11.3 Å². The lowest BCUT2D eigenvalue weighted by atomic mass is 10.0. The van der Waals surface area contributed by atoms with Crippen LogP contribution in [0, 0.1) is 25.6 Å². The van der Waals surface area contributed by atoms with Gasteiger partial charge in [0.25, 0.3) is 5.91 Å². The van der Waals surface area contributed by atoms with Gasteiger partial charge in [-0.05, 0) is 56.9 Å². The Labute approximate surface area is 194 Å². The number of aromatic nitrogens is 2. The van der Waals surface area contributed by atoms with Gasteiger partial charge in [0, 0.05) is 56.2 Å². The lowest BCUT2D eigenvalue weighted by Gasteiger charge is -2.41. The molecule has 33 heavy (non-hydrogen) atoms. The van der Waals surface area contributed by atoms with Crippen molar-refractivity contribution in [3.8, 4) is 0 Å². The molecule has 2 fully saturated rings. The molecule has 1 saturated carbocycles. The van der Waals surface area contributed by atoms with E-state index in [1.54, 1.807) is 6.92 Å². The van der Waals surface area contributed by atoms with Gasteiger partial charge in [0.1, 0.15) is 11.6 Å². The average molecular weight is 454 g/mol. The SMILES string of the molecule is Cc1ncc(C(=O)Nc2cc(F)cc(CN3CCN(C(=O)C4CCCC4)C(C)C3)c2C)cn1. The summed E-state index contributed by atoms with van der Waals surface area (Å²) in [5.41, 5.74) is 2.42. The molecule has 1 N–H and O–H groups in total. The van der Waals surface area contributed by atoms with Gasteiger partial charge in [-0.3, -0.25) is 14.5 Å². The van der Waals surface area contributed by atoms with Gasteiger partial charge in [-0.1, -0.05) is 12.8 Å². The van der Waals surface area contributed by atoms with Crippen LogP contribution >= 0.6 is 0 Å². The number of hydrogen-bond donors (Lipinski definition) is 1. The summed E-state index contributed by atoms with van der Waals surface area (Å²) in [7, 11) is 0. The lowest BCUT2D eigenvalue weighted by Crippen LogP contribution is -2.54. The Morgan fingerprint density at radius 1 is 1.12 bits per heavy atom. The molecule has 176 valence electrons. The zero-order valence-electron chi connectivity index (χ0n) is 19.6. The molecule has 2 aliphatic rings. The van der Waals surface area contributed by atoms with Gasteiger partial charge in [0.05, 0.1) is 5.56 Å². The van der Waals surface area contributed by atoms with Crippen molar-refractivity contribution in [1.82, 2.24) is 19.8 Å². The second-order valence-corrected chi connectivity index (χ2v) is 9.31. The first kappa shape index (κ1) is 23.3. The highest BCUT2D eigenvalue weighted by Gasteiger charge is 2.33. The molecular formula is C25H32FN5O2. The standard InChI is InChI=1S/C25H32FN5O2/c1-16-14-30(8-9-31(16)25(33)19-6-4-5-7-19)15-20-10-22(26)11-23(17(20)2)29-24(32)21-12-27-18(3)28-13-21/h10-13,16,19H,4-9,14-15H2,1-3H3,(H,29,32). The Morgan fingerprint density at radius 2 is 1.82 bits per heavy atom. The quantitative estimate of drug-likeness (QED) is 0.747. The maximum atomic E-state index is 14.4. The Balaban J connectivity index is 1.42. The third-order valence-corrected chi connectivity index (χ3v) is 6.86. The Hall–Kier alpha value is -2.87. The molecule has 8 heteroatoms. The van der Waals surface area contributed by atoms with E-state index < -0.39 is 5.82 Å². The Kier molecular flexibility index (Phi) is 7.02. The molecule has 0 spiro atoms. The van der Waals surface area contributed by atoms with Crippen molar-refractivity contribution in [3.63, 3.8) is 0 Å². The molecule has 1 aliphatic heterocycles. The minimum atomic E-state index is -0.394. The van der Waals surface area contributed by atoms with E-state index in [2.05, 4.69) is 27.1 Å². The summed E-state index contributed by atoms with van der Waals surface area (Å²) in [4.78, 5) is 37.8. The third kappa shape index (κ3) is 5.38. The minimum Gasteiger partial charge on any atom is -0.337 e. The molecule has 1 saturated heterocycles. The number of nitrogens with one attached hydrogen (secondary N) is 1. The number of anilines is 1. The summed E-state index contributed by atoms with van der Waals surface area (Å²) < 4.78 is 14.4. The maximum absolute atomic E-state index is 14.4. The number of hydrogen-bond acceptors (Lipinski definition) is 5. The highest BCUT2D eigenvalue weighted by Crippen LogP contribution is 2.29. The number of benzene rings is 1. The van der Waals surface area contributed by atoms with Crippen LogP contribution in [0.3, 0.4) is 0 Å². The van der Waals surface area contributed by atoms with Crippen LogP contribution in [0.2, 0.25) is 0 Å². The first-order valence-electron chi connectivity index (χ1n) is 11.7. The largest absolute Gasteiger partial charge is 0.337 e. The van der Waals surface area contributed by atoms with Gasteiger partial charge < -0.3 is 10.2 Å². The fourth-order valence-corrected chi connectivity index (χ4v) is 4.89. The zero-order chi connectivity index (χ0) is 23.5. The van der Waals surface area contributed by atoms with Gasteiger partial charge in [-0.25, -0.2) is 14.4 Å². The van der Waals surface area contributed by atoms with E-state index in [0.717, 1.165) is 49.9 Å². The molecule has 1 unspecified atom stereocenters. The number of carbonyl (C=O) groups is 2. The Bertz CT molecular complexity index is 1020. The number of rotatable bonds is 5. The van der Waals surface area contributed by atoms with Crippen LogP contribution < -0.4 is 5.32 Å². The van der Waals surface area contributed by atoms with Crippen molar-refractivity contribution in [3.05, 3.63) is 52.9 Å². The minimum absolute atomic E-state index is 0.126. The summed E-state index contributed by atoms with van der Waals surface area (Å²) in [6.07, 6.45) is 7.25. The Morgan fingerprint density at radius 3 is 2.48 bits per heavy atom. The van der Waals surface area contributed by atoms with E-state index in [1.165, 1.54) is 24.5 Å². The van der Waals surface area contributed by atoms with Gasteiger partial charge in [-0.2, -0.15) is 0 Å². The molecule has 2 aromatic rings. The number of halogens is 1. The van der Waals surface area contributed by atoms with Gasteiger partial charge in [-0.15, -0.1) is 0 Å². The molecule has 4 rings (SSSR count). The number of piperazine rings is 1. The smallest absolute Gasteiger partial charge is 0.258 e. The molecule has 1 aliphatic carbocycles. The fourth-order valence-electron chi connectivity index (χ4n) is 4.89. The van der Waals surface area contributed by atoms with Crippen molar-refractivity contribution < 1.29 is 14.0 Å². The normalized spacial score (nSPS) is 19.6. The summed E-state index contributed by atoms with van der Waals surface area (Å²) in [6, 6.07) is 2.99. The van der Waals surface area contributed by atoms with Crippen LogP contribution in [0.25, 0.3) is 0 Å². The highest BCUT2D eigenvalue weighted by atomic mass is 19.1. The molecule has 1 aromatic heterocycles. The van der Waals surface area contributed by atoms with Crippen molar-refractivity contribution in [2.75, 3.05) is 25.0 Å². The summed E-state index contributed by atoms with van der Waals surface area (Å²) in [5.74, 6) is 0.299. The average Bonchev–Trinajstić information content (AvgIpc) is 3.32. The van der Waals surface area contributed by atoms with Gasteiger partial charge >= 0.3 is 0 Å². The van der Waals surface area contributed by atoms with E-state index in [1.807, 2.05) is 11.8 Å². The second-order valence-electron chi connectivity index (χ2n) is 9.31. The van der Waals surface area contributed by atoms with Crippen molar-refractivity contribution in [1.29, 1.82) is 0 Å². The van der Waals surface area contributed by atoms with Crippen molar-refractivity contribution in [2.24, 2.45) is 5.92 Å². The molecule has 2 amide bonds. The van der Waals surface area contributed by atoms with Gasteiger partial charge in [0.2, 0.25) is 5.91 Å². The number of nitrogens with zero attached hydrogens (tertiary/aromatic N) is 4. The van der Waals surface area contributed by atoms with Crippen LogP contribution in [0.15, 0.2) is 24.5 Å². The molecule has 0 radical (unpaired) electrons. The number of aryl methyl sites for hydroxylation is 1. The van der Waals surface area contributed by atoms with E-state index in [4.69, 9.17) is 0 Å². The first-order valence-corrected chi connectivity index (χ1v) is 11.7. The molecule has 7 nitrogen and oxygen atoms in total. The predicted molar refractivity (Wildman–Crippen MR) is 124 cm³/mol. The molecule has 1 atom stereocenters. The highest BCUT2D eigenvalue weighted by molar-refractivity contribution is 6.04. The van der Waals surface area contributed by atoms with E-state index in [0.29, 0.717) is 36.1 Å². The van der Waals surface area contributed by atoms with E-state index in [9.17, 15) is 14.0 Å². The first-order chi connectivity index (χ1) is 15.8. The third-order valence-electron chi connectivity index (χ3n) is 6.86. The molecule has 0 bridgehead atoms. The van der Waals surface area contributed by atoms with E-state index >= 15 is 0 Å². The van der Waals surface area contributed by atoms with Crippen LogP contribution in [0.4, 0.5) is 10.1 Å². The topological polar surface area (TPSA) is 78.4 Å². The fraction of sp³-hybridized carbons (Fsp3) is 0.520. The van der Waals surface area contributed by atoms with Crippen molar-refractivity contribution in [2.45, 2.75) is 59.0 Å². The summed E-state index contributed by atoms with van der Waals surface area (Å²) in [6.45, 7) is 8.48. The number of carbonyl (C=O) groups excluding carboxylic acids is 2. The summed E-state index contributed by atoms with van der Waals surface area (Å²) >= 11 is 0. The lowest BCUT2D eigenvalue weighted by molar-refractivity contribution is -0.140. The second kappa shape index (κ2) is 9.95. The van der Waals surface area contributed by atoms with E-state index in [-0.39, 0.29) is 17.9 Å². The molecular weight excluding hydrogens is 421 g/mol. The zero-order valence-corrected chi connectivity index (χ0v) is 19.6. The van der Waals surface area contributed by atoms with Crippen LogP contribution in [0.1, 0.15) is 59.9 Å². The maximum Gasteiger partial charge on any atom is 0.258 e. The monoisotopic (exact) mass is 453 g/mol. The van der Waals surface area contributed by atoms with Gasteiger partial charge in [0.15, 0.2) is 0 Å². The number of amides is 2. The molecule has 2 heterocycles. The van der Waals surface area contributed by atoms with Crippen molar-refractivity contribution >= 4 is 17.5 Å². The summed E-state index contributed by atoms with van der Waals surface area (Å²) in [5, 5.41) is 2.80. The predicted octanol–water partition coefficient (Wildman–Crippen LogP) is 3.71. The van der Waals surface area contributed by atoms with Crippen LogP contribution in [0.5, 0.6) is 0 Å².